The number of hydrogen-bond acceptors (Lipinski definition) is 4. The third-order valence-electron chi connectivity index (χ3n) is 4.50. The largest absolute Gasteiger partial charge is 0.573 e. The van der Waals surface area contributed by atoms with Gasteiger partial charge in [0.05, 0.1) is 12.1 Å². The van der Waals surface area contributed by atoms with Gasteiger partial charge in [0.15, 0.2) is 5.75 Å². The van der Waals surface area contributed by atoms with E-state index in [0.717, 1.165) is 11.6 Å². The number of pyridine rings is 1. The first-order valence-electron chi connectivity index (χ1n) is 8.86. The van der Waals surface area contributed by atoms with Crippen molar-refractivity contribution in [2.75, 3.05) is 6.61 Å². The van der Waals surface area contributed by atoms with Gasteiger partial charge in [-0.05, 0) is 24.3 Å². The maximum Gasteiger partial charge on any atom is 0.573 e. The number of benzene rings is 2. The molecule has 2 aromatic carbocycles. The summed E-state index contributed by atoms with van der Waals surface area (Å²) in [4.78, 5) is 19.6. The molecule has 3 heterocycles. The predicted octanol–water partition coefficient (Wildman–Crippen LogP) is 3.12. The van der Waals surface area contributed by atoms with Crippen LogP contribution in [0.3, 0.4) is 0 Å². The predicted molar refractivity (Wildman–Crippen MR) is 98.1 cm³/mol. The van der Waals surface area contributed by atoms with Crippen LogP contribution in [-0.2, 0) is 9.53 Å². The Balaban J connectivity index is 0.000000171. The van der Waals surface area contributed by atoms with Gasteiger partial charge in [-0.1, -0.05) is 30.3 Å². The van der Waals surface area contributed by atoms with Crippen LogP contribution in [0, 0.1) is 5.92 Å². The number of carbonyl (C=O) groups is 1. The maximum atomic E-state index is 12.3. The van der Waals surface area contributed by atoms with E-state index < -0.39 is 23.9 Å². The van der Waals surface area contributed by atoms with E-state index in [1.807, 2.05) is 30.5 Å². The zero-order valence-electron chi connectivity index (χ0n) is 15.0. The van der Waals surface area contributed by atoms with E-state index in [2.05, 4.69) is 26.8 Å². The van der Waals surface area contributed by atoms with E-state index in [1.54, 1.807) is 6.07 Å². The zero-order valence-corrected chi connectivity index (χ0v) is 15.0. The van der Waals surface area contributed by atoms with Gasteiger partial charge in [-0.15, -0.1) is 13.2 Å². The smallest absolute Gasteiger partial charge is 0.496 e. The van der Waals surface area contributed by atoms with Crippen molar-refractivity contribution >= 4 is 22.6 Å². The molecule has 1 unspecified atom stereocenters. The topological polar surface area (TPSA) is 60.8 Å². The van der Waals surface area contributed by atoms with E-state index in [-0.39, 0.29) is 5.36 Å². The van der Waals surface area contributed by atoms with E-state index in [4.69, 9.17) is 4.74 Å². The van der Waals surface area contributed by atoms with Gasteiger partial charge in [0.25, 0.3) is 5.91 Å². The lowest BCUT2D eigenvalue weighted by Gasteiger charge is -2.14. The van der Waals surface area contributed by atoms with E-state index >= 15 is 0 Å². The second kappa shape index (κ2) is 7.54. The Kier molecular flexibility index (Phi) is 4.92. The van der Waals surface area contributed by atoms with Gasteiger partial charge in [-0.3, -0.25) is 9.78 Å². The van der Waals surface area contributed by atoms with Crippen LogP contribution in [0.25, 0.3) is 16.7 Å². The summed E-state index contributed by atoms with van der Waals surface area (Å²) in [5.74, 6) is -1.06. The molecule has 1 atom stereocenters. The molecule has 0 radical (unpaired) electrons. The third kappa shape index (κ3) is 4.06. The quantitative estimate of drug-likeness (QED) is 0.630. The molecule has 0 bridgehead atoms. The lowest BCUT2D eigenvalue weighted by molar-refractivity contribution is -0.275. The van der Waals surface area contributed by atoms with Gasteiger partial charge in [0.1, 0.15) is 17.0 Å². The van der Waals surface area contributed by atoms with Crippen molar-refractivity contribution in [2.45, 2.75) is 12.8 Å². The molecule has 2 aliphatic heterocycles. The van der Waals surface area contributed by atoms with Crippen molar-refractivity contribution < 1.29 is 27.4 Å². The molecule has 5 nitrogen and oxygen atoms in total. The van der Waals surface area contributed by atoms with Crippen LogP contribution >= 0.6 is 0 Å². The molecular weight excluding hydrogens is 385 g/mol. The fourth-order valence-electron chi connectivity index (χ4n) is 3.27. The molecule has 0 N–H and O–H groups in total. The number of nitrogens with zero attached hydrogens (tertiary/aromatic N) is 2. The molecular formula is C21H15F3N2O3. The molecule has 0 aliphatic carbocycles. The standard InChI is InChI=1S/C12H8F3NO3.C9H7N/c13-12(14,15)19-8-3-1-2-6-9(8)16-11(17)7-4-5-18-10(6)7;1-2-6-9-8(4-1)5-3-7-10-9/h1-3,7H,4-5H2;1-7H. The van der Waals surface area contributed by atoms with Gasteiger partial charge in [0, 0.05) is 23.2 Å². The van der Waals surface area contributed by atoms with Crippen LogP contribution in [0.2, 0.25) is 0 Å². The molecule has 1 fully saturated rings. The van der Waals surface area contributed by atoms with Crippen LogP contribution < -0.4 is 15.3 Å². The summed E-state index contributed by atoms with van der Waals surface area (Å²) >= 11 is 0. The summed E-state index contributed by atoms with van der Waals surface area (Å²) in [5.41, 5.74) is 1.06. The average molecular weight is 400 g/mol. The van der Waals surface area contributed by atoms with Crippen molar-refractivity contribution in [1.82, 2.24) is 4.98 Å². The first kappa shape index (κ1) is 18.9. The molecule has 1 saturated heterocycles. The number of halogens is 3. The number of carbonyl (C=O) groups excluding carboxylic acids is 1. The molecule has 5 rings (SSSR count). The summed E-state index contributed by atoms with van der Waals surface area (Å²) in [6.07, 6.45) is -2.52. The number of alkyl halides is 3. The van der Waals surface area contributed by atoms with Gasteiger partial charge in [-0.25, -0.2) is 4.99 Å². The molecule has 2 aliphatic rings. The monoisotopic (exact) mass is 400 g/mol. The second-order valence-corrected chi connectivity index (χ2v) is 6.40. The van der Waals surface area contributed by atoms with Crippen molar-refractivity contribution in [3.05, 3.63) is 71.4 Å². The number of aromatic nitrogens is 1. The highest BCUT2D eigenvalue weighted by atomic mass is 19.4. The fraction of sp³-hybridized carbons (Fsp3) is 0.190. The minimum Gasteiger partial charge on any atom is -0.496 e. The lowest BCUT2D eigenvalue weighted by atomic mass is 10.0. The molecule has 0 saturated carbocycles. The minimum absolute atomic E-state index is 0.113. The molecule has 1 amide bonds. The number of hydrogen-bond donors (Lipinski definition) is 0. The van der Waals surface area contributed by atoms with E-state index in [0.29, 0.717) is 24.0 Å². The Labute approximate surface area is 163 Å². The van der Waals surface area contributed by atoms with Crippen molar-refractivity contribution in [2.24, 2.45) is 10.9 Å². The normalized spacial score (nSPS) is 17.4. The Morgan fingerprint density at radius 2 is 1.83 bits per heavy atom. The van der Waals surface area contributed by atoms with Crippen LogP contribution in [-0.4, -0.2) is 23.9 Å². The van der Waals surface area contributed by atoms with Crippen molar-refractivity contribution in [3.8, 4) is 5.75 Å². The van der Waals surface area contributed by atoms with Crippen LogP contribution in [0.15, 0.2) is 65.8 Å². The maximum absolute atomic E-state index is 12.3. The number of amides is 1. The summed E-state index contributed by atoms with van der Waals surface area (Å²) in [5, 5.41) is 1.48. The van der Waals surface area contributed by atoms with Gasteiger partial charge in [0.2, 0.25) is 0 Å². The van der Waals surface area contributed by atoms with Gasteiger partial charge in [-0.2, -0.15) is 0 Å². The fourth-order valence-corrected chi connectivity index (χ4v) is 3.27. The van der Waals surface area contributed by atoms with Gasteiger partial charge >= 0.3 is 6.36 Å². The number of fused-ring (bicyclic) bond motifs is 3. The van der Waals surface area contributed by atoms with Crippen LogP contribution in [0.5, 0.6) is 5.75 Å². The molecule has 0 spiro atoms. The summed E-state index contributed by atoms with van der Waals surface area (Å²) < 4.78 is 46.1. The minimum atomic E-state index is -4.83. The van der Waals surface area contributed by atoms with Crippen molar-refractivity contribution in [3.63, 3.8) is 0 Å². The first-order valence-corrected chi connectivity index (χ1v) is 8.86. The Bertz CT molecular complexity index is 1130. The number of para-hydroxylation sites is 2. The number of ether oxygens (including phenoxy) is 2. The first-order chi connectivity index (χ1) is 13.9. The highest BCUT2D eigenvalue weighted by molar-refractivity contribution is 5.89. The Morgan fingerprint density at radius 3 is 2.62 bits per heavy atom. The van der Waals surface area contributed by atoms with Crippen molar-refractivity contribution in [1.29, 1.82) is 0 Å². The highest BCUT2D eigenvalue weighted by Gasteiger charge is 2.35. The Hall–Kier alpha value is -3.42. The molecule has 148 valence electrons. The third-order valence-corrected chi connectivity index (χ3v) is 4.50. The SMILES string of the molecule is O=C1N=c2c(OC(F)(F)F)cccc2=C2OCCC12.c1ccc2ncccc2c1. The molecule has 3 aromatic rings. The molecule has 8 heteroatoms. The Morgan fingerprint density at radius 1 is 1.03 bits per heavy atom. The zero-order chi connectivity index (χ0) is 20.4. The highest BCUT2D eigenvalue weighted by Crippen LogP contribution is 2.28. The van der Waals surface area contributed by atoms with Crippen LogP contribution in [0.1, 0.15) is 6.42 Å². The van der Waals surface area contributed by atoms with E-state index in [1.165, 1.54) is 11.5 Å². The molecule has 1 aromatic heterocycles. The van der Waals surface area contributed by atoms with Crippen LogP contribution in [0.4, 0.5) is 13.2 Å². The van der Waals surface area contributed by atoms with E-state index in [9.17, 15) is 18.0 Å². The lowest BCUT2D eigenvalue weighted by Crippen LogP contribution is -2.38. The molecule has 29 heavy (non-hydrogen) atoms. The second-order valence-electron chi connectivity index (χ2n) is 6.40. The summed E-state index contributed by atoms with van der Waals surface area (Å²) in [7, 11) is 0. The van der Waals surface area contributed by atoms with Gasteiger partial charge < -0.3 is 9.47 Å². The number of rotatable bonds is 1. The summed E-state index contributed by atoms with van der Waals surface area (Å²) in [6.45, 7) is 0.366. The average Bonchev–Trinajstić information content (AvgIpc) is 3.19. The summed E-state index contributed by atoms with van der Waals surface area (Å²) in [6, 6.07) is 16.2.